The van der Waals surface area contributed by atoms with E-state index in [2.05, 4.69) is 58.6 Å². The van der Waals surface area contributed by atoms with Gasteiger partial charge in [0.1, 0.15) is 5.65 Å². The van der Waals surface area contributed by atoms with Gasteiger partial charge in [0.05, 0.1) is 0 Å². The summed E-state index contributed by atoms with van der Waals surface area (Å²) in [5.74, 6) is 1.90. The molecule has 0 amide bonds. The van der Waals surface area contributed by atoms with Crippen molar-refractivity contribution in [2.75, 3.05) is 23.3 Å². The Morgan fingerprint density at radius 1 is 1.00 bits per heavy atom. The van der Waals surface area contributed by atoms with Crippen LogP contribution in [0.1, 0.15) is 45.6 Å². The van der Waals surface area contributed by atoms with E-state index in [1.54, 1.807) is 6.07 Å². The van der Waals surface area contributed by atoms with Crippen molar-refractivity contribution in [2.45, 2.75) is 57.7 Å². The van der Waals surface area contributed by atoms with E-state index in [0.29, 0.717) is 23.9 Å². The summed E-state index contributed by atoms with van der Waals surface area (Å²) in [6, 6.07) is 13.2. The predicted molar refractivity (Wildman–Crippen MR) is 132 cm³/mol. The minimum atomic E-state index is 0.0496. The van der Waals surface area contributed by atoms with Crippen LogP contribution in [0.15, 0.2) is 47.4 Å². The Labute approximate surface area is 194 Å². The van der Waals surface area contributed by atoms with Gasteiger partial charge in [0.15, 0.2) is 0 Å². The Hall–Kier alpha value is -2.93. The SMILES string of the molecule is CC1CN(c2ccc(Nc3ncc4ccc(=O)n(C5CC6CCC5C6)c4n3)cc2)CC(C)N1. The number of benzene rings is 1. The van der Waals surface area contributed by atoms with Crippen LogP contribution in [-0.2, 0) is 0 Å². The number of nitrogens with zero attached hydrogens (tertiary/aromatic N) is 4. The summed E-state index contributed by atoms with van der Waals surface area (Å²) >= 11 is 0. The van der Waals surface area contributed by atoms with Gasteiger partial charge in [-0.05, 0) is 75.3 Å². The molecule has 3 aliphatic rings. The van der Waals surface area contributed by atoms with Crippen LogP contribution in [0.3, 0.4) is 0 Å². The van der Waals surface area contributed by atoms with E-state index >= 15 is 0 Å². The lowest BCUT2D eigenvalue weighted by Crippen LogP contribution is -2.54. The summed E-state index contributed by atoms with van der Waals surface area (Å²) in [5, 5.41) is 7.84. The molecule has 2 aromatic heterocycles. The van der Waals surface area contributed by atoms with Gasteiger partial charge < -0.3 is 15.5 Å². The van der Waals surface area contributed by atoms with E-state index < -0.39 is 0 Å². The van der Waals surface area contributed by atoms with E-state index in [0.717, 1.165) is 42.1 Å². The standard InChI is InChI=1S/C26H32N6O/c1-16-14-31(15-17(2)28-16)22-8-6-21(7-9-22)29-26-27-13-20-5-10-24(33)32(25(20)30-26)23-12-18-3-4-19(23)11-18/h5-10,13,16-19,23,28H,3-4,11-12,14-15H2,1-2H3,(H,27,29,30). The molecule has 0 radical (unpaired) electrons. The van der Waals surface area contributed by atoms with E-state index in [9.17, 15) is 4.79 Å². The minimum absolute atomic E-state index is 0.0496. The van der Waals surface area contributed by atoms with Crippen LogP contribution in [-0.4, -0.2) is 39.7 Å². The predicted octanol–water partition coefficient (Wildman–Crippen LogP) is 4.08. The zero-order valence-corrected chi connectivity index (χ0v) is 19.4. The van der Waals surface area contributed by atoms with Gasteiger partial charge in [-0.15, -0.1) is 0 Å². The van der Waals surface area contributed by atoms with Gasteiger partial charge in [0.25, 0.3) is 5.56 Å². The molecule has 2 N–H and O–H groups in total. The van der Waals surface area contributed by atoms with Crippen LogP contribution in [0.2, 0.25) is 0 Å². The maximum absolute atomic E-state index is 12.9. The molecule has 172 valence electrons. The lowest BCUT2D eigenvalue weighted by atomic mass is 9.95. The highest BCUT2D eigenvalue weighted by molar-refractivity contribution is 5.76. The summed E-state index contributed by atoms with van der Waals surface area (Å²) in [4.78, 5) is 24.6. The van der Waals surface area contributed by atoms with E-state index in [-0.39, 0.29) is 11.6 Å². The van der Waals surface area contributed by atoms with Gasteiger partial charge in [0.2, 0.25) is 5.95 Å². The molecule has 1 saturated heterocycles. The van der Waals surface area contributed by atoms with Gasteiger partial charge in [-0.2, -0.15) is 4.98 Å². The van der Waals surface area contributed by atoms with Crippen LogP contribution in [0, 0.1) is 11.8 Å². The van der Waals surface area contributed by atoms with Crippen LogP contribution in [0.5, 0.6) is 0 Å². The first-order chi connectivity index (χ1) is 16.0. The van der Waals surface area contributed by atoms with Gasteiger partial charge in [-0.3, -0.25) is 9.36 Å². The second kappa shape index (κ2) is 8.13. The number of rotatable bonds is 4. The third-order valence-electron chi connectivity index (χ3n) is 7.75. The molecule has 2 bridgehead atoms. The van der Waals surface area contributed by atoms with Crippen molar-refractivity contribution in [1.82, 2.24) is 19.9 Å². The number of pyridine rings is 1. The van der Waals surface area contributed by atoms with Crippen LogP contribution >= 0.6 is 0 Å². The Bertz CT molecular complexity index is 1210. The fourth-order valence-corrected chi connectivity index (χ4v) is 6.37. The van der Waals surface area contributed by atoms with Crippen molar-refractivity contribution >= 4 is 28.4 Å². The number of fused-ring (bicyclic) bond motifs is 3. The second-order valence-corrected chi connectivity index (χ2v) is 10.3. The molecule has 5 unspecified atom stereocenters. The molecule has 3 aromatic rings. The van der Waals surface area contributed by atoms with Crippen molar-refractivity contribution in [3.05, 3.63) is 52.9 Å². The smallest absolute Gasteiger partial charge is 0.252 e. The number of hydrogen-bond donors (Lipinski definition) is 2. The largest absolute Gasteiger partial charge is 0.368 e. The molecule has 33 heavy (non-hydrogen) atoms. The monoisotopic (exact) mass is 444 g/mol. The molecule has 0 spiro atoms. The van der Waals surface area contributed by atoms with Gasteiger partial charge in [0, 0.05) is 60.2 Å². The Morgan fingerprint density at radius 3 is 2.48 bits per heavy atom. The Kier molecular flexibility index (Phi) is 5.09. The number of piperazine rings is 1. The molecule has 6 rings (SSSR count). The zero-order valence-electron chi connectivity index (χ0n) is 19.4. The lowest BCUT2D eigenvalue weighted by molar-refractivity contribution is 0.329. The average Bonchev–Trinajstić information content (AvgIpc) is 3.42. The van der Waals surface area contributed by atoms with E-state index in [1.807, 2.05) is 16.8 Å². The summed E-state index contributed by atoms with van der Waals surface area (Å²) in [6.45, 7) is 6.47. The molecular formula is C26H32N6O. The highest BCUT2D eigenvalue weighted by Crippen LogP contribution is 2.50. The summed E-state index contributed by atoms with van der Waals surface area (Å²) in [5.41, 5.74) is 2.97. The summed E-state index contributed by atoms with van der Waals surface area (Å²) in [7, 11) is 0. The maximum atomic E-state index is 12.9. The Balaban J connectivity index is 1.26. The first kappa shape index (κ1) is 20.7. The molecule has 3 fully saturated rings. The molecule has 1 aromatic carbocycles. The molecule has 5 atom stereocenters. The Morgan fingerprint density at radius 2 is 1.79 bits per heavy atom. The molecule has 7 heteroatoms. The third kappa shape index (κ3) is 3.88. The zero-order chi connectivity index (χ0) is 22.5. The highest BCUT2D eigenvalue weighted by Gasteiger charge is 2.41. The number of aromatic nitrogens is 3. The molecule has 1 aliphatic heterocycles. The van der Waals surface area contributed by atoms with Gasteiger partial charge >= 0.3 is 0 Å². The third-order valence-corrected chi connectivity index (χ3v) is 7.75. The van der Waals surface area contributed by atoms with Crippen LogP contribution in [0.25, 0.3) is 11.0 Å². The maximum Gasteiger partial charge on any atom is 0.252 e. The van der Waals surface area contributed by atoms with Crippen LogP contribution < -0.4 is 21.1 Å². The van der Waals surface area contributed by atoms with Crippen molar-refractivity contribution in [3.63, 3.8) is 0 Å². The van der Waals surface area contributed by atoms with Crippen LogP contribution in [0.4, 0.5) is 17.3 Å². The second-order valence-electron chi connectivity index (χ2n) is 10.3. The first-order valence-corrected chi connectivity index (χ1v) is 12.3. The molecular weight excluding hydrogens is 412 g/mol. The summed E-state index contributed by atoms with van der Waals surface area (Å²) in [6.07, 6.45) is 6.71. The average molecular weight is 445 g/mol. The number of anilines is 3. The minimum Gasteiger partial charge on any atom is -0.368 e. The van der Waals surface area contributed by atoms with Crippen molar-refractivity contribution in [1.29, 1.82) is 0 Å². The molecule has 7 nitrogen and oxygen atoms in total. The number of hydrogen-bond acceptors (Lipinski definition) is 6. The number of nitrogens with one attached hydrogen (secondary N) is 2. The lowest BCUT2D eigenvalue weighted by Gasteiger charge is -2.37. The van der Waals surface area contributed by atoms with E-state index in [4.69, 9.17) is 4.98 Å². The van der Waals surface area contributed by atoms with Crippen molar-refractivity contribution in [3.8, 4) is 0 Å². The highest BCUT2D eigenvalue weighted by atomic mass is 16.1. The fraction of sp³-hybridized carbons (Fsp3) is 0.500. The topological polar surface area (TPSA) is 75.1 Å². The van der Waals surface area contributed by atoms with Crippen molar-refractivity contribution in [2.24, 2.45) is 11.8 Å². The normalized spacial score (nSPS) is 29.0. The van der Waals surface area contributed by atoms with Gasteiger partial charge in [-0.1, -0.05) is 6.42 Å². The van der Waals surface area contributed by atoms with E-state index in [1.165, 1.54) is 24.9 Å². The van der Waals surface area contributed by atoms with Gasteiger partial charge in [-0.25, -0.2) is 4.98 Å². The molecule has 2 aliphatic carbocycles. The summed E-state index contributed by atoms with van der Waals surface area (Å²) < 4.78 is 1.95. The molecule has 3 heterocycles. The molecule has 2 saturated carbocycles. The fourth-order valence-electron chi connectivity index (χ4n) is 6.37. The quantitative estimate of drug-likeness (QED) is 0.632. The first-order valence-electron chi connectivity index (χ1n) is 12.3. The van der Waals surface area contributed by atoms with Crippen molar-refractivity contribution < 1.29 is 0 Å².